The number of carbonyl (C=O) groups excluding carboxylic acids is 1. The number of amides is 1. The Kier molecular flexibility index (Phi) is 8.53. The number of hydrogen-bond donors (Lipinski definition) is 1. The fraction of sp³-hybridized carbons (Fsp3) is 0.375. The van der Waals surface area contributed by atoms with Crippen LogP contribution in [0.3, 0.4) is 0 Å². The Bertz CT molecular complexity index is 1570. The molecule has 1 fully saturated rings. The fourth-order valence-electron chi connectivity index (χ4n) is 6.20. The van der Waals surface area contributed by atoms with Crippen LogP contribution in [0.15, 0.2) is 66.7 Å². The second-order valence-corrected chi connectivity index (χ2v) is 12.5. The van der Waals surface area contributed by atoms with Crippen molar-refractivity contribution >= 4 is 44.4 Å². The molecule has 2 aliphatic rings. The van der Waals surface area contributed by atoms with Crippen LogP contribution < -0.4 is 10.2 Å². The second kappa shape index (κ2) is 12.3. The van der Waals surface area contributed by atoms with Gasteiger partial charge in [-0.3, -0.25) is 0 Å². The van der Waals surface area contributed by atoms with Gasteiger partial charge < -0.3 is 19.9 Å². The van der Waals surface area contributed by atoms with Gasteiger partial charge in [0.25, 0.3) is 0 Å². The predicted molar refractivity (Wildman–Crippen MR) is 165 cm³/mol. The fourth-order valence-corrected chi connectivity index (χ4v) is 7.49. The number of rotatable bonds is 8. The number of nitrogens with zero attached hydrogens (tertiary/aromatic N) is 3. The molecule has 1 aliphatic heterocycles. The van der Waals surface area contributed by atoms with Gasteiger partial charge >= 0.3 is 12.3 Å². The maximum Gasteiger partial charge on any atom is 0.408 e. The number of alkyl halides is 3. The smallest absolute Gasteiger partial charge is 0.408 e. The lowest BCUT2D eigenvalue weighted by Crippen LogP contribution is -2.40. The SMILES string of the molecule is O=C(NCC(F)(F)F)OC1(CCCCN2CCCN(c3nc4ccc(Cl)cc4s3)CC2)c2ccccc2-c2ccccc21. The highest BCUT2D eigenvalue weighted by Gasteiger charge is 2.46. The van der Waals surface area contributed by atoms with E-state index < -0.39 is 24.4 Å². The van der Waals surface area contributed by atoms with Crippen molar-refractivity contribution in [2.75, 3.05) is 44.2 Å². The largest absolute Gasteiger partial charge is 0.433 e. The topological polar surface area (TPSA) is 57.7 Å². The van der Waals surface area contributed by atoms with Gasteiger partial charge in [0.05, 0.1) is 10.2 Å². The summed E-state index contributed by atoms with van der Waals surface area (Å²) in [6.45, 7) is 3.12. The number of carbonyl (C=O) groups is 1. The van der Waals surface area contributed by atoms with Crippen LogP contribution in [0, 0.1) is 0 Å². The lowest BCUT2D eigenvalue weighted by Gasteiger charge is -2.32. The molecule has 0 saturated carbocycles. The third-order valence-corrected chi connectivity index (χ3v) is 9.48. The third-order valence-electron chi connectivity index (χ3n) is 8.17. The van der Waals surface area contributed by atoms with Gasteiger partial charge in [-0.2, -0.15) is 13.2 Å². The van der Waals surface area contributed by atoms with Gasteiger partial charge in [0, 0.05) is 35.8 Å². The van der Waals surface area contributed by atoms with Crippen molar-refractivity contribution in [2.45, 2.75) is 37.5 Å². The first-order valence-electron chi connectivity index (χ1n) is 14.5. The minimum absolute atomic E-state index is 0.467. The molecular weight excluding hydrogens is 597 g/mol. The van der Waals surface area contributed by atoms with Crippen LogP contribution in [-0.4, -0.2) is 61.4 Å². The number of alkyl carbamates (subject to hydrolysis) is 1. The molecule has 2 heterocycles. The summed E-state index contributed by atoms with van der Waals surface area (Å²) in [4.78, 5) is 22.4. The highest BCUT2D eigenvalue weighted by Crippen LogP contribution is 2.52. The van der Waals surface area contributed by atoms with Crippen molar-refractivity contribution in [3.8, 4) is 11.1 Å². The van der Waals surface area contributed by atoms with E-state index in [-0.39, 0.29) is 0 Å². The van der Waals surface area contributed by atoms with Crippen LogP contribution in [0.5, 0.6) is 0 Å². The van der Waals surface area contributed by atoms with Gasteiger partial charge in [-0.05, 0) is 68.1 Å². The summed E-state index contributed by atoms with van der Waals surface area (Å²) in [6.07, 6.45) is -2.53. The molecule has 0 bridgehead atoms. The number of hydrogen-bond acceptors (Lipinski definition) is 6. The Hall–Kier alpha value is -3.34. The van der Waals surface area contributed by atoms with Gasteiger partial charge in [0.15, 0.2) is 10.7 Å². The number of benzene rings is 3. The zero-order valence-electron chi connectivity index (χ0n) is 23.5. The molecule has 1 saturated heterocycles. The number of anilines is 1. The standard InChI is InChI=1S/C32H32ClF3N4O2S/c33-22-12-13-27-28(20-22)43-29(38-27)40-17-7-16-39(18-19-40)15-6-5-14-31(42-30(41)37-21-32(34,35)36)25-10-3-1-8-23(25)24-9-2-4-11-26(24)31/h1-4,8-13,20H,5-7,14-19,21H2,(H,37,41). The maximum atomic E-state index is 12.9. The Morgan fingerprint density at radius 1 is 0.977 bits per heavy atom. The number of ether oxygens (including phenoxy) is 1. The van der Waals surface area contributed by atoms with E-state index in [0.29, 0.717) is 11.4 Å². The molecule has 0 radical (unpaired) electrons. The van der Waals surface area contributed by atoms with Crippen LogP contribution in [0.25, 0.3) is 21.3 Å². The first-order chi connectivity index (χ1) is 20.7. The summed E-state index contributed by atoms with van der Waals surface area (Å²) in [5.41, 5.74) is 3.29. The molecule has 0 unspecified atom stereocenters. The molecule has 3 aromatic carbocycles. The Morgan fingerprint density at radius 3 is 2.42 bits per heavy atom. The van der Waals surface area contributed by atoms with Crippen molar-refractivity contribution < 1.29 is 22.7 Å². The minimum Gasteiger partial charge on any atom is -0.433 e. The monoisotopic (exact) mass is 628 g/mol. The summed E-state index contributed by atoms with van der Waals surface area (Å²) in [7, 11) is 0. The second-order valence-electron chi connectivity index (χ2n) is 11.0. The number of nitrogens with one attached hydrogen (secondary N) is 1. The zero-order valence-corrected chi connectivity index (χ0v) is 25.1. The molecule has 0 atom stereocenters. The van der Waals surface area contributed by atoms with Crippen LogP contribution in [0.1, 0.15) is 36.8 Å². The molecule has 1 aliphatic carbocycles. The minimum atomic E-state index is -4.53. The number of thiazole rings is 1. The summed E-state index contributed by atoms with van der Waals surface area (Å²) in [5.74, 6) is 0. The molecule has 4 aromatic rings. The van der Waals surface area contributed by atoms with Gasteiger partial charge in [-0.15, -0.1) is 0 Å². The van der Waals surface area contributed by atoms with Gasteiger partial charge in [0.2, 0.25) is 0 Å². The van der Waals surface area contributed by atoms with E-state index in [9.17, 15) is 18.0 Å². The van der Waals surface area contributed by atoms with Crippen LogP contribution in [0.4, 0.5) is 23.1 Å². The first kappa shape index (κ1) is 29.7. The zero-order chi connectivity index (χ0) is 30.0. The average molecular weight is 629 g/mol. The molecule has 226 valence electrons. The molecule has 1 aromatic heterocycles. The van der Waals surface area contributed by atoms with E-state index in [4.69, 9.17) is 21.3 Å². The molecule has 11 heteroatoms. The van der Waals surface area contributed by atoms with Crippen molar-refractivity contribution in [3.63, 3.8) is 0 Å². The third kappa shape index (κ3) is 6.46. The summed E-state index contributed by atoms with van der Waals surface area (Å²) < 4.78 is 45.6. The summed E-state index contributed by atoms with van der Waals surface area (Å²) >= 11 is 7.83. The molecule has 43 heavy (non-hydrogen) atoms. The van der Waals surface area contributed by atoms with E-state index in [1.165, 1.54) is 0 Å². The summed E-state index contributed by atoms with van der Waals surface area (Å²) in [6, 6.07) is 21.1. The predicted octanol–water partition coefficient (Wildman–Crippen LogP) is 7.84. The number of unbranched alkanes of at least 4 members (excludes halogenated alkanes) is 1. The lowest BCUT2D eigenvalue weighted by molar-refractivity contribution is -0.124. The molecular formula is C32H32ClF3N4O2S. The van der Waals surface area contributed by atoms with Gasteiger partial charge in [0.1, 0.15) is 6.54 Å². The Balaban J connectivity index is 1.12. The molecule has 1 amide bonds. The quantitative estimate of drug-likeness (QED) is 0.202. The van der Waals surface area contributed by atoms with E-state index in [2.05, 4.69) is 9.80 Å². The Labute approximate surface area is 257 Å². The number of halogens is 4. The molecule has 1 N–H and O–H groups in total. The number of fused-ring (bicyclic) bond motifs is 4. The molecule has 6 nitrogen and oxygen atoms in total. The van der Waals surface area contributed by atoms with Crippen LogP contribution >= 0.6 is 22.9 Å². The highest BCUT2D eigenvalue weighted by atomic mass is 35.5. The van der Waals surface area contributed by atoms with Gasteiger partial charge in [-0.1, -0.05) is 71.5 Å². The molecule has 6 rings (SSSR count). The van der Waals surface area contributed by atoms with Crippen molar-refractivity contribution in [1.29, 1.82) is 0 Å². The highest BCUT2D eigenvalue weighted by molar-refractivity contribution is 7.22. The normalized spacial score (nSPS) is 16.5. The lowest BCUT2D eigenvalue weighted by atomic mass is 9.86. The molecule has 0 spiro atoms. The van der Waals surface area contributed by atoms with Crippen LogP contribution in [0.2, 0.25) is 5.02 Å². The van der Waals surface area contributed by atoms with Crippen molar-refractivity contribution in [1.82, 2.24) is 15.2 Å². The van der Waals surface area contributed by atoms with E-state index in [1.807, 2.05) is 72.0 Å². The maximum absolute atomic E-state index is 12.9. The van der Waals surface area contributed by atoms with E-state index in [1.54, 1.807) is 11.3 Å². The van der Waals surface area contributed by atoms with Gasteiger partial charge in [-0.25, -0.2) is 9.78 Å². The van der Waals surface area contributed by atoms with E-state index in [0.717, 1.165) is 89.6 Å². The van der Waals surface area contributed by atoms with Crippen molar-refractivity contribution in [3.05, 3.63) is 82.9 Å². The first-order valence-corrected chi connectivity index (χ1v) is 15.7. The van der Waals surface area contributed by atoms with E-state index >= 15 is 0 Å². The van der Waals surface area contributed by atoms with Crippen LogP contribution in [-0.2, 0) is 10.3 Å². The summed E-state index contributed by atoms with van der Waals surface area (Å²) in [5, 5.41) is 3.63. The Morgan fingerprint density at radius 2 is 1.70 bits per heavy atom. The van der Waals surface area contributed by atoms with Crippen molar-refractivity contribution in [2.24, 2.45) is 0 Å². The average Bonchev–Trinajstić information content (AvgIpc) is 3.41. The number of aromatic nitrogens is 1.